The molecule has 4 nitrogen and oxygen atoms in total. The number of rotatable bonds is 2. The quantitative estimate of drug-likeness (QED) is 0.490. The number of hydrogen-bond donors (Lipinski definition) is 0. The molecule has 3 aromatic rings. The lowest BCUT2D eigenvalue weighted by Gasteiger charge is -2.07. The molecule has 1 heterocycles. The largest absolute Gasteiger partial charge is 0.286 e. The molecule has 0 aliphatic rings. The summed E-state index contributed by atoms with van der Waals surface area (Å²) in [5.41, 5.74) is 3.79. The number of amides is 1. The van der Waals surface area contributed by atoms with E-state index in [0.29, 0.717) is 10.5 Å². The Kier molecular flexibility index (Phi) is 6.31. The summed E-state index contributed by atoms with van der Waals surface area (Å²) in [6.45, 7) is 3.92. The Labute approximate surface area is 179 Å². The predicted molar refractivity (Wildman–Crippen MR) is 119 cm³/mol. The minimum Gasteiger partial charge on any atom is -0.266 e. The molecular formula is C23H19BrN2O2S. The van der Waals surface area contributed by atoms with Crippen LogP contribution in [-0.4, -0.2) is 21.4 Å². The van der Waals surface area contributed by atoms with Gasteiger partial charge in [0.15, 0.2) is 0 Å². The first-order chi connectivity index (χ1) is 13.7. The average Bonchev–Trinajstić information content (AvgIpc) is 2.69. The highest BCUT2D eigenvalue weighted by Crippen LogP contribution is 2.17. The topological polar surface area (TPSA) is 59.4 Å². The van der Waals surface area contributed by atoms with E-state index in [1.807, 2.05) is 50.2 Å². The molecule has 0 aliphatic carbocycles. The fourth-order valence-corrected chi connectivity index (χ4v) is 4.02. The Bertz CT molecular complexity index is 1260. The maximum atomic E-state index is 13.0. The summed E-state index contributed by atoms with van der Waals surface area (Å²) >= 11 is 3.39. The highest BCUT2D eigenvalue weighted by molar-refractivity contribution is 9.10. The van der Waals surface area contributed by atoms with Gasteiger partial charge in [-0.2, -0.15) is 4.36 Å². The Morgan fingerprint density at radius 3 is 2.34 bits per heavy atom. The molecule has 0 spiro atoms. The van der Waals surface area contributed by atoms with Crippen LogP contribution in [0.25, 0.3) is 0 Å². The van der Waals surface area contributed by atoms with E-state index >= 15 is 0 Å². The van der Waals surface area contributed by atoms with Crippen molar-refractivity contribution in [2.24, 2.45) is 4.36 Å². The highest BCUT2D eigenvalue weighted by atomic mass is 79.9. The first-order valence-corrected chi connectivity index (χ1v) is 11.5. The molecule has 0 N–H and O–H groups in total. The van der Waals surface area contributed by atoms with Crippen LogP contribution < -0.4 is 0 Å². The van der Waals surface area contributed by atoms with Gasteiger partial charge >= 0.3 is 0 Å². The Balaban J connectivity index is 1.89. The van der Waals surface area contributed by atoms with Crippen molar-refractivity contribution in [3.8, 4) is 11.8 Å². The second-order valence-corrected chi connectivity index (χ2v) is 9.84. The lowest BCUT2D eigenvalue weighted by atomic mass is 10.1. The minimum atomic E-state index is -2.86. The third-order valence-corrected chi connectivity index (χ3v) is 6.52. The number of hydrogen-bond acceptors (Lipinski definition) is 3. The summed E-state index contributed by atoms with van der Waals surface area (Å²) in [5, 5.41) is 0. The highest BCUT2D eigenvalue weighted by Gasteiger charge is 2.13. The first-order valence-electron chi connectivity index (χ1n) is 8.81. The zero-order valence-corrected chi connectivity index (χ0v) is 18.7. The predicted octanol–water partition coefficient (Wildman–Crippen LogP) is 5.16. The second kappa shape index (κ2) is 8.73. The van der Waals surface area contributed by atoms with Crippen molar-refractivity contribution in [1.29, 1.82) is 0 Å². The van der Waals surface area contributed by atoms with Crippen LogP contribution in [0.4, 0.5) is 0 Å². The summed E-state index contributed by atoms with van der Waals surface area (Å²) in [6.07, 6.45) is 4.46. The smallest absolute Gasteiger partial charge is 0.266 e. The number of pyridine rings is 1. The summed E-state index contributed by atoms with van der Waals surface area (Å²) in [6, 6.07) is 14.7. The normalized spacial score (nSPS) is 12.4. The lowest BCUT2D eigenvalue weighted by molar-refractivity contribution is 0.100. The standard InChI is InChI=1S/C23H19BrN2O2S/c1-16-4-11-22(12-17(16)2)29(3,28)26-23(27)20-13-19(14-25-15-20)6-5-18-7-9-21(24)10-8-18/h4,7-15H,1-3H3. The van der Waals surface area contributed by atoms with Gasteiger partial charge in [-0.25, -0.2) is 4.21 Å². The molecule has 1 atom stereocenters. The van der Waals surface area contributed by atoms with Gasteiger partial charge in [-0.3, -0.25) is 9.78 Å². The third kappa shape index (κ3) is 5.41. The molecule has 1 unspecified atom stereocenters. The van der Waals surface area contributed by atoms with Crippen molar-refractivity contribution >= 4 is 31.6 Å². The van der Waals surface area contributed by atoms with Gasteiger partial charge < -0.3 is 0 Å². The van der Waals surface area contributed by atoms with Crippen molar-refractivity contribution in [3.63, 3.8) is 0 Å². The van der Waals surface area contributed by atoms with Crippen LogP contribution in [0.15, 0.2) is 74.7 Å². The summed E-state index contributed by atoms with van der Waals surface area (Å²) in [7, 11) is -2.86. The molecule has 0 saturated heterocycles. The van der Waals surface area contributed by atoms with E-state index in [2.05, 4.69) is 37.1 Å². The SMILES string of the molecule is Cc1ccc(S(C)(=O)=NC(=O)c2cncc(C#Cc3ccc(Br)cc3)c2)cc1C. The van der Waals surface area contributed by atoms with Gasteiger partial charge in [-0.1, -0.05) is 33.8 Å². The monoisotopic (exact) mass is 466 g/mol. The molecule has 146 valence electrons. The van der Waals surface area contributed by atoms with E-state index in [4.69, 9.17) is 0 Å². The zero-order chi connectivity index (χ0) is 21.0. The molecule has 1 aromatic heterocycles. The van der Waals surface area contributed by atoms with E-state index in [-0.39, 0.29) is 5.56 Å². The van der Waals surface area contributed by atoms with E-state index in [1.165, 1.54) is 12.5 Å². The van der Waals surface area contributed by atoms with Gasteiger partial charge in [-0.05, 0) is 67.4 Å². The maximum Gasteiger partial charge on any atom is 0.286 e. The van der Waals surface area contributed by atoms with E-state index in [9.17, 15) is 9.00 Å². The Morgan fingerprint density at radius 1 is 0.966 bits per heavy atom. The van der Waals surface area contributed by atoms with Gasteiger partial charge in [0, 0.05) is 39.1 Å². The molecule has 3 rings (SSSR count). The van der Waals surface area contributed by atoms with Gasteiger partial charge in [0.1, 0.15) is 0 Å². The van der Waals surface area contributed by atoms with Crippen molar-refractivity contribution in [2.45, 2.75) is 18.7 Å². The molecule has 0 radical (unpaired) electrons. The van der Waals surface area contributed by atoms with Gasteiger partial charge in [0.05, 0.1) is 15.3 Å². The number of aromatic nitrogens is 1. The Hall–Kier alpha value is -2.75. The first kappa shape index (κ1) is 21.0. The third-order valence-electron chi connectivity index (χ3n) is 4.35. The lowest BCUT2D eigenvalue weighted by Crippen LogP contribution is -2.05. The van der Waals surface area contributed by atoms with E-state index in [0.717, 1.165) is 21.2 Å². The van der Waals surface area contributed by atoms with Crippen LogP contribution >= 0.6 is 15.9 Å². The number of halogens is 1. The van der Waals surface area contributed by atoms with Gasteiger partial charge in [0.25, 0.3) is 5.91 Å². The van der Waals surface area contributed by atoms with Crippen molar-refractivity contribution in [1.82, 2.24) is 4.98 Å². The summed E-state index contributed by atoms with van der Waals surface area (Å²) in [5.74, 6) is 5.45. The number of carbonyl (C=O) groups is 1. The summed E-state index contributed by atoms with van der Waals surface area (Å²) in [4.78, 5) is 17.2. The van der Waals surface area contributed by atoms with Crippen LogP contribution in [-0.2, 0) is 9.73 Å². The molecule has 0 fully saturated rings. The van der Waals surface area contributed by atoms with Crippen molar-refractivity contribution in [3.05, 3.63) is 93.2 Å². The molecule has 0 aliphatic heterocycles. The van der Waals surface area contributed by atoms with E-state index < -0.39 is 15.6 Å². The maximum absolute atomic E-state index is 13.0. The molecule has 2 aromatic carbocycles. The van der Waals surface area contributed by atoms with Crippen LogP contribution in [0.1, 0.15) is 32.6 Å². The minimum absolute atomic E-state index is 0.256. The summed E-state index contributed by atoms with van der Waals surface area (Å²) < 4.78 is 18.0. The average molecular weight is 467 g/mol. The van der Waals surface area contributed by atoms with Crippen LogP contribution in [0.5, 0.6) is 0 Å². The number of aryl methyl sites for hydroxylation is 2. The number of nitrogens with zero attached hydrogens (tertiary/aromatic N) is 2. The van der Waals surface area contributed by atoms with Crippen LogP contribution in [0, 0.1) is 25.7 Å². The Morgan fingerprint density at radius 2 is 1.66 bits per heavy atom. The van der Waals surface area contributed by atoms with Gasteiger partial charge in [-0.15, -0.1) is 0 Å². The molecule has 0 bridgehead atoms. The van der Waals surface area contributed by atoms with Gasteiger partial charge in [0.2, 0.25) is 0 Å². The molecule has 1 amide bonds. The molecule has 0 saturated carbocycles. The van der Waals surface area contributed by atoms with Crippen molar-refractivity contribution < 1.29 is 9.00 Å². The van der Waals surface area contributed by atoms with Crippen molar-refractivity contribution in [2.75, 3.05) is 6.26 Å². The number of carbonyl (C=O) groups excluding carboxylic acids is 1. The van der Waals surface area contributed by atoms with Crippen LogP contribution in [0.2, 0.25) is 0 Å². The zero-order valence-electron chi connectivity index (χ0n) is 16.3. The number of benzene rings is 2. The molecule has 29 heavy (non-hydrogen) atoms. The fraction of sp³-hybridized carbons (Fsp3) is 0.130. The second-order valence-electron chi connectivity index (χ2n) is 6.66. The van der Waals surface area contributed by atoms with Crippen LogP contribution in [0.3, 0.4) is 0 Å². The fourth-order valence-electron chi connectivity index (χ4n) is 2.52. The molecular weight excluding hydrogens is 448 g/mol. The molecule has 6 heteroatoms. The van der Waals surface area contributed by atoms with E-state index in [1.54, 1.807) is 18.3 Å².